The van der Waals surface area contributed by atoms with Gasteiger partial charge in [0.1, 0.15) is 5.75 Å². The molecule has 0 spiro atoms. The zero-order chi connectivity index (χ0) is 12.4. The maximum absolute atomic E-state index is 12.2. The fourth-order valence-electron chi connectivity index (χ4n) is 2.09. The highest BCUT2D eigenvalue weighted by atomic mass is 16.3. The molecule has 2 N–H and O–H groups in total. The van der Waals surface area contributed by atoms with Crippen molar-refractivity contribution >= 4 is 5.91 Å². The third kappa shape index (κ3) is 2.58. The van der Waals surface area contributed by atoms with E-state index in [9.17, 15) is 9.90 Å². The number of piperazine rings is 1. The van der Waals surface area contributed by atoms with Gasteiger partial charge in [-0.15, -0.1) is 0 Å². The number of aryl methyl sites for hydroxylation is 1. The Morgan fingerprint density at radius 1 is 1.53 bits per heavy atom. The molecule has 4 heteroatoms. The lowest BCUT2D eigenvalue weighted by atomic mass is 10.1. The molecule has 1 aromatic carbocycles. The Bertz CT molecular complexity index is 431. The summed E-state index contributed by atoms with van der Waals surface area (Å²) in [7, 11) is 0. The van der Waals surface area contributed by atoms with E-state index in [0.717, 1.165) is 25.2 Å². The zero-order valence-corrected chi connectivity index (χ0v) is 10.2. The summed E-state index contributed by atoms with van der Waals surface area (Å²) in [5.74, 6) is 0.275. The second-order valence-electron chi connectivity index (χ2n) is 4.61. The second-order valence-corrected chi connectivity index (χ2v) is 4.61. The van der Waals surface area contributed by atoms with Gasteiger partial charge in [-0.3, -0.25) is 4.79 Å². The van der Waals surface area contributed by atoms with Crippen LogP contribution in [-0.4, -0.2) is 41.6 Å². The van der Waals surface area contributed by atoms with Gasteiger partial charge in [0.2, 0.25) is 0 Å². The van der Waals surface area contributed by atoms with Gasteiger partial charge in [-0.05, 0) is 37.6 Å². The quantitative estimate of drug-likeness (QED) is 0.766. The molecular weight excluding hydrogens is 216 g/mol. The Kier molecular flexibility index (Phi) is 3.33. The van der Waals surface area contributed by atoms with E-state index >= 15 is 0 Å². The number of hydrogen-bond donors (Lipinski definition) is 2. The summed E-state index contributed by atoms with van der Waals surface area (Å²) >= 11 is 0. The van der Waals surface area contributed by atoms with Gasteiger partial charge in [-0.1, -0.05) is 0 Å². The second kappa shape index (κ2) is 4.75. The predicted octanol–water partition coefficient (Wildman–Crippen LogP) is 1.13. The normalized spacial score (nSPS) is 20.4. The summed E-state index contributed by atoms with van der Waals surface area (Å²) in [6, 6.07) is 5.33. The van der Waals surface area contributed by atoms with E-state index in [1.807, 2.05) is 4.90 Å². The highest BCUT2D eigenvalue weighted by Crippen LogP contribution is 2.18. The lowest BCUT2D eigenvalue weighted by molar-refractivity contribution is 0.0709. The first-order valence-corrected chi connectivity index (χ1v) is 5.90. The molecule has 1 amide bonds. The molecule has 1 atom stereocenters. The Balaban J connectivity index is 2.15. The predicted molar refractivity (Wildman–Crippen MR) is 66.2 cm³/mol. The van der Waals surface area contributed by atoms with E-state index < -0.39 is 0 Å². The molecule has 4 nitrogen and oxygen atoms in total. The number of nitrogens with zero attached hydrogens (tertiary/aromatic N) is 1. The largest absolute Gasteiger partial charge is 0.508 e. The highest BCUT2D eigenvalue weighted by Gasteiger charge is 2.21. The number of carbonyl (C=O) groups excluding carboxylic acids is 1. The van der Waals surface area contributed by atoms with E-state index in [0.29, 0.717) is 11.6 Å². The van der Waals surface area contributed by atoms with Crippen molar-refractivity contribution in [2.24, 2.45) is 0 Å². The number of benzene rings is 1. The standard InChI is InChI=1S/C13H18N2O2/c1-9-7-11(3-4-12(9)16)13(17)15-6-5-14-10(2)8-15/h3-4,7,10,14,16H,5-6,8H2,1-2H3. The van der Waals surface area contributed by atoms with E-state index in [1.165, 1.54) is 0 Å². The van der Waals surface area contributed by atoms with Crippen molar-refractivity contribution in [3.8, 4) is 5.75 Å². The van der Waals surface area contributed by atoms with Gasteiger partial charge in [-0.25, -0.2) is 0 Å². The average Bonchev–Trinajstić information content (AvgIpc) is 2.32. The van der Waals surface area contributed by atoms with E-state index in [4.69, 9.17) is 0 Å². The van der Waals surface area contributed by atoms with Gasteiger partial charge in [0.05, 0.1) is 0 Å². The first kappa shape index (κ1) is 11.9. The van der Waals surface area contributed by atoms with Gasteiger partial charge in [-0.2, -0.15) is 0 Å². The van der Waals surface area contributed by atoms with Crippen LogP contribution in [0.25, 0.3) is 0 Å². The highest BCUT2D eigenvalue weighted by molar-refractivity contribution is 5.94. The van der Waals surface area contributed by atoms with Crippen molar-refractivity contribution in [1.29, 1.82) is 0 Å². The van der Waals surface area contributed by atoms with Crippen LogP contribution in [0.5, 0.6) is 5.75 Å². The Hall–Kier alpha value is -1.55. The maximum atomic E-state index is 12.2. The van der Waals surface area contributed by atoms with E-state index in [2.05, 4.69) is 12.2 Å². The average molecular weight is 234 g/mol. The fourth-order valence-corrected chi connectivity index (χ4v) is 2.09. The summed E-state index contributed by atoms with van der Waals surface area (Å²) in [6.45, 7) is 6.18. The maximum Gasteiger partial charge on any atom is 0.253 e. The number of rotatable bonds is 1. The van der Waals surface area contributed by atoms with Gasteiger partial charge < -0.3 is 15.3 Å². The number of nitrogens with one attached hydrogen (secondary N) is 1. The van der Waals surface area contributed by atoms with Crippen LogP contribution >= 0.6 is 0 Å². The molecule has 0 bridgehead atoms. The van der Waals surface area contributed by atoms with Gasteiger partial charge in [0.15, 0.2) is 0 Å². The molecule has 17 heavy (non-hydrogen) atoms. The van der Waals surface area contributed by atoms with Crippen LogP contribution in [0.2, 0.25) is 0 Å². The van der Waals surface area contributed by atoms with Crippen LogP contribution in [-0.2, 0) is 0 Å². The minimum atomic E-state index is 0.0430. The molecule has 1 aliphatic rings. The summed E-state index contributed by atoms with van der Waals surface area (Å²) in [5.41, 5.74) is 1.38. The van der Waals surface area contributed by atoms with Crippen molar-refractivity contribution < 1.29 is 9.90 Å². The van der Waals surface area contributed by atoms with Crippen LogP contribution in [0.4, 0.5) is 0 Å². The molecule has 0 aliphatic carbocycles. The van der Waals surface area contributed by atoms with Crippen LogP contribution in [0.3, 0.4) is 0 Å². The number of phenolic OH excluding ortho intramolecular Hbond substituents is 1. The topological polar surface area (TPSA) is 52.6 Å². The monoisotopic (exact) mass is 234 g/mol. The van der Waals surface area contributed by atoms with Crippen molar-refractivity contribution in [1.82, 2.24) is 10.2 Å². The Morgan fingerprint density at radius 3 is 2.94 bits per heavy atom. The number of phenols is 1. The number of carbonyl (C=O) groups is 1. The minimum absolute atomic E-state index is 0.0430. The van der Waals surface area contributed by atoms with Crippen LogP contribution in [0.1, 0.15) is 22.8 Å². The minimum Gasteiger partial charge on any atom is -0.508 e. The van der Waals surface area contributed by atoms with Gasteiger partial charge in [0.25, 0.3) is 5.91 Å². The fraction of sp³-hybridized carbons (Fsp3) is 0.462. The molecule has 1 unspecified atom stereocenters. The summed E-state index contributed by atoms with van der Waals surface area (Å²) < 4.78 is 0. The third-order valence-corrected chi connectivity index (χ3v) is 3.10. The van der Waals surface area contributed by atoms with Gasteiger partial charge in [0, 0.05) is 31.2 Å². The summed E-state index contributed by atoms with van der Waals surface area (Å²) in [4.78, 5) is 14.1. The van der Waals surface area contributed by atoms with Crippen molar-refractivity contribution in [2.75, 3.05) is 19.6 Å². The Labute approximate surface area is 101 Å². The molecule has 1 aliphatic heterocycles. The van der Waals surface area contributed by atoms with E-state index in [1.54, 1.807) is 25.1 Å². The zero-order valence-electron chi connectivity index (χ0n) is 10.2. The number of aromatic hydroxyl groups is 1. The third-order valence-electron chi connectivity index (χ3n) is 3.10. The molecule has 0 saturated carbocycles. The molecule has 1 aromatic rings. The molecule has 1 saturated heterocycles. The molecule has 1 heterocycles. The molecule has 0 radical (unpaired) electrons. The molecule has 0 aromatic heterocycles. The SMILES string of the molecule is Cc1cc(C(=O)N2CCNC(C)C2)ccc1O. The van der Waals surface area contributed by atoms with E-state index in [-0.39, 0.29) is 11.7 Å². The van der Waals surface area contributed by atoms with Crippen LogP contribution in [0.15, 0.2) is 18.2 Å². The molecule has 92 valence electrons. The number of hydrogen-bond acceptors (Lipinski definition) is 3. The molecule has 1 fully saturated rings. The number of amides is 1. The lowest BCUT2D eigenvalue weighted by Crippen LogP contribution is -2.51. The summed E-state index contributed by atoms with van der Waals surface area (Å²) in [5, 5.41) is 12.7. The van der Waals surface area contributed by atoms with Crippen LogP contribution < -0.4 is 5.32 Å². The van der Waals surface area contributed by atoms with Crippen molar-refractivity contribution in [3.05, 3.63) is 29.3 Å². The van der Waals surface area contributed by atoms with Crippen molar-refractivity contribution in [2.45, 2.75) is 19.9 Å². The van der Waals surface area contributed by atoms with Crippen molar-refractivity contribution in [3.63, 3.8) is 0 Å². The lowest BCUT2D eigenvalue weighted by Gasteiger charge is -2.32. The van der Waals surface area contributed by atoms with Crippen LogP contribution in [0, 0.1) is 6.92 Å². The van der Waals surface area contributed by atoms with Gasteiger partial charge >= 0.3 is 0 Å². The first-order chi connectivity index (χ1) is 8.08. The molecular formula is C13H18N2O2. The smallest absolute Gasteiger partial charge is 0.253 e. The summed E-state index contributed by atoms with van der Waals surface area (Å²) in [6.07, 6.45) is 0. The first-order valence-electron chi connectivity index (χ1n) is 5.90. The Morgan fingerprint density at radius 2 is 2.29 bits per heavy atom. The molecule has 2 rings (SSSR count).